The highest BCUT2D eigenvalue weighted by atomic mass is 16.5. The van der Waals surface area contributed by atoms with Gasteiger partial charge in [-0.1, -0.05) is 12.1 Å². The number of benzene rings is 2. The van der Waals surface area contributed by atoms with Crippen LogP contribution in [0.1, 0.15) is 20.9 Å². The van der Waals surface area contributed by atoms with Crippen LogP contribution in [0.2, 0.25) is 0 Å². The van der Waals surface area contributed by atoms with Gasteiger partial charge >= 0.3 is 5.97 Å². The summed E-state index contributed by atoms with van der Waals surface area (Å²) in [6, 6.07) is 14.2. The van der Waals surface area contributed by atoms with Crippen LogP contribution in [-0.4, -0.2) is 38.6 Å². The van der Waals surface area contributed by atoms with Crippen molar-refractivity contribution >= 4 is 29.2 Å². The molecule has 0 aliphatic carbocycles. The Balaban J connectivity index is 1.62. The Hall–Kier alpha value is -4.27. The molecule has 9 heteroatoms. The molecule has 0 aliphatic heterocycles. The Labute approximate surface area is 177 Å². The second-order valence-electron chi connectivity index (χ2n) is 6.20. The van der Waals surface area contributed by atoms with Crippen LogP contribution in [0.15, 0.2) is 65.3 Å². The van der Waals surface area contributed by atoms with Crippen LogP contribution in [0.3, 0.4) is 0 Å². The van der Waals surface area contributed by atoms with Gasteiger partial charge in [-0.2, -0.15) is 0 Å². The standard InChI is InChI=1S/C22H20N2O7/c1-28-15-10-14(11-16(12-15)29-2)23-20(25)13-31-22(27)17-6-3-4-7-18(17)24-21(26)19-8-5-9-30-19/h3-12H,13H2,1-2H3,(H,23,25)(H,24,26). The average molecular weight is 424 g/mol. The molecule has 0 spiro atoms. The van der Waals surface area contributed by atoms with Crippen molar-refractivity contribution in [2.24, 2.45) is 0 Å². The van der Waals surface area contributed by atoms with Gasteiger partial charge in [0, 0.05) is 23.9 Å². The summed E-state index contributed by atoms with van der Waals surface area (Å²) in [6.07, 6.45) is 1.37. The normalized spacial score (nSPS) is 10.1. The predicted molar refractivity (Wildman–Crippen MR) is 112 cm³/mol. The third-order valence-corrected chi connectivity index (χ3v) is 4.11. The molecule has 0 bridgehead atoms. The minimum Gasteiger partial charge on any atom is -0.497 e. The number of hydrogen-bond acceptors (Lipinski definition) is 7. The lowest BCUT2D eigenvalue weighted by atomic mass is 10.1. The molecule has 3 aromatic rings. The number of nitrogens with one attached hydrogen (secondary N) is 2. The maximum Gasteiger partial charge on any atom is 0.340 e. The molecule has 160 valence electrons. The number of furan rings is 1. The van der Waals surface area contributed by atoms with Gasteiger partial charge in [0.15, 0.2) is 12.4 Å². The maximum absolute atomic E-state index is 12.5. The molecule has 2 aromatic carbocycles. The van der Waals surface area contributed by atoms with Gasteiger partial charge in [0.1, 0.15) is 11.5 Å². The molecular formula is C22H20N2O7. The molecule has 0 unspecified atom stereocenters. The molecule has 3 rings (SSSR count). The highest BCUT2D eigenvalue weighted by Gasteiger charge is 2.17. The zero-order valence-corrected chi connectivity index (χ0v) is 16.8. The molecular weight excluding hydrogens is 404 g/mol. The van der Waals surface area contributed by atoms with E-state index in [1.807, 2.05) is 0 Å². The van der Waals surface area contributed by atoms with Gasteiger partial charge in [0.2, 0.25) is 0 Å². The molecule has 0 radical (unpaired) electrons. The van der Waals surface area contributed by atoms with Gasteiger partial charge < -0.3 is 29.3 Å². The van der Waals surface area contributed by atoms with E-state index in [4.69, 9.17) is 18.6 Å². The van der Waals surface area contributed by atoms with Crippen LogP contribution >= 0.6 is 0 Å². The molecule has 0 aliphatic rings. The number of para-hydroxylation sites is 1. The summed E-state index contributed by atoms with van der Waals surface area (Å²) >= 11 is 0. The first-order chi connectivity index (χ1) is 15.0. The summed E-state index contributed by atoms with van der Waals surface area (Å²) in [6.45, 7) is -0.529. The number of carbonyl (C=O) groups is 3. The fraction of sp³-hybridized carbons (Fsp3) is 0.136. The Morgan fingerprint density at radius 3 is 2.26 bits per heavy atom. The lowest BCUT2D eigenvalue weighted by molar-refractivity contribution is -0.119. The lowest BCUT2D eigenvalue weighted by Crippen LogP contribution is -2.22. The van der Waals surface area contributed by atoms with Crippen molar-refractivity contribution in [2.45, 2.75) is 0 Å². The van der Waals surface area contributed by atoms with Crippen LogP contribution in [0.25, 0.3) is 0 Å². The molecule has 1 heterocycles. The van der Waals surface area contributed by atoms with E-state index >= 15 is 0 Å². The second kappa shape index (κ2) is 9.97. The Kier molecular flexibility index (Phi) is 6.89. The number of hydrogen-bond donors (Lipinski definition) is 2. The number of amides is 2. The number of rotatable bonds is 8. The minimum absolute atomic E-state index is 0.0938. The lowest BCUT2D eigenvalue weighted by Gasteiger charge is -2.11. The largest absolute Gasteiger partial charge is 0.497 e. The van der Waals surface area contributed by atoms with E-state index in [0.717, 1.165) is 0 Å². The van der Waals surface area contributed by atoms with E-state index in [1.165, 1.54) is 32.6 Å². The van der Waals surface area contributed by atoms with Crippen LogP contribution in [-0.2, 0) is 9.53 Å². The molecule has 31 heavy (non-hydrogen) atoms. The SMILES string of the molecule is COc1cc(NC(=O)COC(=O)c2ccccc2NC(=O)c2ccco2)cc(OC)c1. The molecule has 2 N–H and O–H groups in total. The van der Waals surface area contributed by atoms with Crippen LogP contribution < -0.4 is 20.1 Å². The molecule has 0 saturated heterocycles. The van der Waals surface area contributed by atoms with Crippen molar-refractivity contribution in [1.82, 2.24) is 0 Å². The number of anilines is 2. The monoisotopic (exact) mass is 424 g/mol. The summed E-state index contributed by atoms with van der Waals surface area (Å²) in [5.41, 5.74) is 0.744. The van der Waals surface area contributed by atoms with Crippen LogP contribution in [0, 0.1) is 0 Å². The molecule has 0 atom stereocenters. The molecule has 2 amide bonds. The zero-order chi connectivity index (χ0) is 22.2. The Bertz CT molecular complexity index is 1050. The molecule has 0 saturated carbocycles. The van der Waals surface area contributed by atoms with Gasteiger partial charge in [-0.25, -0.2) is 4.79 Å². The second-order valence-corrected chi connectivity index (χ2v) is 6.20. The topological polar surface area (TPSA) is 116 Å². The third-order valence-electron chi connectivity index (χ3n) is 4.11. The highest BCUT2D eigenvalue weighted by molar-refractivity contribution is 6.07. The van der Waals surface area contributed by atoms with E-state index in [-0.39, 0.29) is 17.0 Å². The number of carbonyl (C=O) groups excluding carboxylic acids is 3. The minimum atomic E-state index is -0.770. The summed E-state index contributed by atoms with van der Waals surface area (Å²) in [5.74, 6) is -0.763. The maximum atomic E-state index is 12.5. The number of ether oxygens (including phenoxy) is 3. The first-order valence-electron chi connectivity index (χ1n) is 9.14. The quantitative estimate of drug-likeness (QED) is 0.533. The van der Waals surface area contributed by atoms with Gasteiger partial charge in [-0.3, -0.25) is 9.59 Å². The number of methoxy groups -OCH3 is 2. The van der Waals surface area contributed by atoms with Gasteiger partial charge in [0.25, 0.3) is 11.8 Å². The zero-order valence-electron chi connectivity index (χ0n) is 16.8. The summed E-state index contributed by atoms with van der Waals surface area (Å²) in [7, 11) is 2.98. The van der Waals surface area contributed by atoms with Gasteiger partial charge in [0.05, 0.1) is 31.7 Å². The van der Waals surface area contributed by atoms with Crippen molar-refractivity contribution in [3.63, 3.8) is 0 Å². The van der Waals surface area contributed by atoms with E-state index in [0.29, 0.717) is 17.2 Å². The molecule has 9 nitrogen and oxygen atoms in total. The third kappa shape index (κ3) is 5.63. The average Bonchev–Trinajstić information content (AvgIpc) is 3.32. The Morgan fingerprint density at radius 2 is 1.61 bits per heavy atom. The predicted octanol–water partition coefficient (Wildman–Crippen LogP) is 3.34. The van der Waals surface area contributed by atoms with Crippen molar-refractivity contribution < 1.29 is 33.0 Å². The number of esters is 1. The van der Waals surface area contributed by atoms with Crippen molar-refractivity contribution in [3.05, 3.63) is 72.2 Å². The summed E-state index contributed by atoms with van der Waals surface area (Å²) in [4.78, 5) is 36.9. The first-order valence-corrected chi connectivity index (χ1v) is 9.14. The van der Waals surface area contributed by atoms with E-state index in [2.05, 4.69) is 10.6 Å². The highest BCUT2D eigenvalue weighted by Crippen LogP contribution is 2.25. The van der Waals surface area contributed by atoms with Crippen LogP contribution in [0.4, 0.5) is 11.4 Å². The van der Waals surface area contributed by atoms with E-state index in [1.54, 1.807) is 42.5 Å². The van der Waals surface area contributed by atoms with Gasteiger partial charge in [-0.05, 0) is 24.3 Å². The van der Waals surface area contributed by atoms with E-state index in [9.17, 15) is 14.4 Å². The first kappa shape index (κ1) is 21.4. The van der Waals surface area contributed by atoms with Gasteiger partial charge in [-0.15, -0.1) is 0 Å². The fourth-order valence-electron chi connectivity index (χ4n) is 2.65. The molecule has 0 fully saturated rings. The summed E-state index contributed by atoms with van der Waals surface area (Å²) in [5, 5.41) is 5.19. The van der Waals surface area contributed by atoms with Crippen LogP contribution in [0.5, 0.6) is 11.5 Å². The molecule has 1 aromatic heterocycles. The smallest absolute Gasteiger partial charge is 0.340 e. The fourth-order valence-corrected chi connectivity index (χ4v) is 2.65. The summed E-state index contributed by atoms with van der Waals surface area (Å²) < 4.78 is 20.4. The Morgan fingerprint density at radius 1 is 0.903 bits per heavy atom. The van der Waals surface area contributed by atoms with Crippen molar-refractivity contribution in [1.29, 1.82) is 0 Å². The van der Waals surface area contributed by atoms with E-state index < -0.39 is 24.4 Å². The van der Waals surface area contributed by atoms with Crippen molar-refractivity contribution in [2.75, 3.05) is 31.5 Å². The van der Waals surface area contributed by atoms with Crippen molar-refractivity contribution in [3.8, 4) is 11.5 Å².